The molecule has 1 saturated carbocycles. The lowest BCUT2D eigenvalue weighted by Gasteiger charge is -2.35. The number of piperazine rings is 1. The summed E-state index contributed by atoms with van der Waals surface area (Å²) in [6.07, 6.45) is 8.44. The third-order valence-corrected chi connectivity index (χ3v) is 6.24. The maximum Gasteiger partial charge on any atom is 0.222 e. The summed E-state index contributed by atoms with van der Waals surface area (Å²) in [5.74, 6) is 3.37. The van der Waals surface area contributed by atoms with E-state index < -0.39 is 0 Å². The summed E-state index contributed by atoms with van der Waals surface area (Å²) in [6.45, 7) is 5.09. The van der Waals surface area contributed by atoms with Gasteiger partial charge in [0.15, 0.2) is 11.6 Å². The highest BCUT2D eigenvalue weighted by Crippen LogP contribution is 2.27. The molecule has 1 aliphatic carbocycles. The van der Waals surface area contributed by atoms with Crippen LogP contribution in [0.2, 0.25) is 0 Å². The molecule has 2 aromatic heterocycles. The Morgan fingerprint density at radius 2 is 1.80 bits per heavy atom. The van der Waals surface area contributed by atoms with E-state index in [4.69, 9.17) is 0 Å². The summed E-state index contributed by atoms with van der Waals surface area (Å²) < 4.78 is 0. The van der Waals surface area contributed by atoms with Crippen molar-refractivity contribution in [3.63, 3.8) is 0 Å². The normalized spacial score (nSPS) is 17.8. The van der Waals surface area contributed by atoms with E-state index in [9.17, 15) is 4.79 Å². The van der Waals surface area contributed by atoms with E-state index in [1.165, 1.54) is 32.1 Å². The Kier molecular flexibility index (Phi) is 6.77. The Hall–Kier alpha value is -2.70. The van der Waals surface area contributed by atoms with Crippen LogP contribution in [-0.4, -0.2) is 52.2 Å². The molecule has 0 bridgehead atoms. The zero-order chi connectivity index (χ0) is 20.8. The van der Waals surface area contributed by atoms with E-state index in [0.29, 0.717) is 18.1 Å². The van der Waals surface area contributed by atoms with Crippen molar-refractivity contribution in [1.82, 2.24) is 20.1 Å². The van der Waals surface area contributed by atoms with Crippen LogP contribution in [0.15, 0.2) is 30.3 Å². The lowest BCUT2D eigenvalue weighted by Crippen LogP contribution is -2.49. The van der Waals surface area contributed by atoms with Crippen molar-refractivity contribution in [1.29, 1.82) is 0 Å². The molecule has 2 aliphatic rings. The molecule has 0 radical (unpaired) electrons. The summed E-state index contributed by atoms with van der Waals surface area (Å²) in [5.41, 5.74) is 0.954. The SMILES string of the molecule is Cc1cccc(Nc2ccc(N3CCN(C(=O)CCC4CCCCC4)CC3)nn2)n1. The summed E-state index contributed by atoms with van der Waals surface area (Å²) in [5, 5.41) is 11.8. The number of anilines is 3. The molecule has 0 unspecified atom stereocenters. The van der Waals surface area contributed by atoms with Gasteiger partial charge in [-0.15, -0.1) is 10.2 Å². The van der Waals surface area contributed by atoms with Gasteiger partial charge in [-0.2, -0.15) is 0 Å². The summed E-state index contributed by atoms with van der Waals surface area (Å²) in [6, 6.07) is 9.73. The van der Waals surface area contributed by atoms with Crippen LogP contribution in [0.4, 0.5) is 17.5 Å². The molecule has 30 heavy (non-hydrogen) atoms. The topological polar surface area (TPSA) is 74.2 Å². The molecule has 7 nitrogen and oxygen atoms in total. The summed E-state index contributed by atoms with van der Waals surface area (Å²) in [4.78, 5) is 21.2. The number of aromatic nitrogens is 3. The quantitative estimate of drug-likeness (QED) is 0.781. The molecular weight excluding hydrogens is 376 g/mol. The minimum absolute atomic E-state index is 0.316. The van der Waals surface area contributed by atoms with Gasteiger partial charge >= 0.3 is 0 Å². The average Bonchev–Trinajstić information content (AvgIpc) is 2.79. The molecule has 7 heteroatoms. The lowest BCUT2D eigenvalue weighted by molar-refractivity contribution is -0.131. The number of rotatable bonds is 6. The fourth-order valence-electron chi connectivity index (χ4n) is 4.45. The molecule has 0 atom stereocenters. The molecule has 0 aromatic carbocycles. The number of hydrogen-bond acceptors (Lipinski definition) is 6. The minimum atomic E-state index is 0.316. The number of carbonyl (C=O) groups excluding carboxylic acids is 1. The molecule has 0 spiro atoms. The molecule has 1 saturated heterocycles. The molecular formula is C23H32N6O. The Morgan fingerprint density at radius 3 is 2.50 bits per heavy atom. The first-order valence-corrected chi connectivity index (χ1v) is 11.2. The number of hydrogen-bond donors (Lipinski definition) is 1. The monoisotopic (exact) mass is 408 g/mol. The molecule has 160 valence electrons. The Labute approximate surface area is 178 Å². The van der Waals surface area contributed by atoms with E-state index in [-0.39, 0.29) is 0 Å². The third-order valence-electron chi connectivity index (χ3n) is 6.24. The number of amides is 1. The zero-order valence-corrected chi connectivity index (χ0v) is 17.9. The molecule has 1 N–H and O–H groups in total. The second-order valence-electron chi connectivity index (χ2n) is 8.48. The van der Waals surface area contributed by atoms with Gasteiger partial charge in [0.1, 0.15) is 5.82 Å². The fraction of sp³-hybridized carbons (Fsp3) is 0.565. The first-order chi connectivity index (χ1) is 14.7. The fourth-order valence-corrected chi connectivity index (χ4v) is 4.45. The van der Waals surface area contributed by atoms with E-state index in [1.807, 2.05) is 42.2 Å². The number of aryl methyl sites for hydroxylation is 1. The molecule has 4 rings (SSSR count). The minimum Gasteiger partial charge on any atom is -0.352 e. The Bertz CT molecular complexity index is 826. The van der Waals surface area contributed by atoms with Crippen LogP contribution >= 0.6 is 0 Å². The maximum atomic E-state index is 12.6. The third kappa shape index (κ3) is 5.46. The van der Waals surface area contributed by atoms with Gasteiger partial charge in [0.05, 0.1) is 0 Å². The van der Waals surface area contributed by atoms with E-state index in [0.717, 1.165) is 55.8 Å². The first-order valence-electron chi connectivity index (χ1n) is 11.2. The Balaban J connectivity index is 1.24. The number of nitrogens with zero attached hydrogens (tertiary/aromatic N) is 5. The van der Waals surface area contributed by atoms with Crippen LogP contribution in [0.1, 0.15) is 50.6 Å². The van der Waals surface area contributed by atoms with Crippen molar-refractivity contribution in [3.8, 4) is 0 Å². The molecule has 3 heterocycles. The van der Waals surface area contributed by atoms with E-state index >= 15 is 0 Å². The highest BCUT2D eigenvalue weighted by Gasteiger charge is 2.23. The van der Waals surface area contributed by atoms with Crippen molar-refractivity contribution in [2.75, 3.05) is 36.4 Å². The number of carbonyl (C=O) groups is 1. The van der Waals surface area contributed by atoms with Gasteiger partial charge in [0.2, 0.25) is 5.91 Å². The van der Waals surface area contributed by atoms with Crippen molar-refractivity contribution >= 4 is 23.4 Å². The number of pyridine rings is 1. The smallest absolute Gasteiger partial charge is 0.222 e. The van der Waals surface area contributed by atoms with Crippen LogP contribution in [0.5, 0.6) is 0 Å². The predicted octanol–water partition coefficient (Wildman–Crippen LogP) is 3.93. The van der Waals surface area contributed by atoms with Gasteiger partial charge in [-0.25, -0.2) is 4.98 Å². The summed E-state index contributed by atoms with van der Waals surface area (Å²) >= 11 is 0. The van der Waals surface area contributed by atoms with Crippen LogP contribution in [0, 0.1) is 12.8 Å². The van der Waals surface area contributed by atoms with Gasteiger partial charge in [-0.3, -0.25) is 4.79 Å². The average molecular weight is 409 g/mol. The highest BCUT2D eigenvalue weighted by molar-refractivity contribution is 5.76. The second-order valence-corrected chi connectivity index (χ2v) is 8.48. The van der Waals surface area contributed by atoms with E-state index in [2.05, 4.69) is 25.4 Å². The molecule has 1 amide bonds. The lowest BCUT2D eigenvalue weighted by atomic mass is 9.86. The molecule has 1 aliphatic heterocycles. The molecule has 2 fully saturated rings. The van der Waals surface area contributed by atoms with E-state index in [1.54, 1.807) is 0 Å². The van der Waals surface area contributed by atoms with Gasteiger partial charge in [-0.1, -0.05) is 38.2 Å². The standard InChI is InChI=1S/C23H32N6O/c1-18-6-5-9-20(24-18)25-21-11-12-22(27-26-21)28-14-16-29(17-15-28)23(30)13-10-19-7-3-2-4-8-19/h5-6,9,11-12,19H,2-4,7-8,10,13-17H2,1H3,(H,24,25,26). The van der Waals surface area contributed by atoms with Crippen molar-refractivity contribution in [2.45, 2.75) is 51.9 Å². The molecule has 2 aromatic rings. The largest absolute Gasteiger partial charge is 0.352 e. The van der Waals surface area contributed by atoms with Gasteiger partial charge in [-0.05, 0) is 43.5 Å². The van der Waals surface area contributed by atoms with Gasteiger partial charge in [0, 0.05) is 38.3 Å². The number of nitrogens with one attached hydrogen (secondary N) is 1. The van der Waals surface area contributed by atoms with Crippen molar-refractivity contribution in [2.24, 2.45) is 5.92 Å². The van der Waals surface area contributed by atoms with Crippen LogP contribution in [-0.2, 0) is 4.79 Å². The van der Waals surface area contributed by atoms with Crippen molar-refractivity contribution < 1.29 is 4.79 Å². The zero-order valence-electron chi connectivity index (χ0n) is 17.9. The maximum absolute atomic E-state index is 12.6. The first kappa shape index (κ1) is 20.6. The van der Waals surface area contributed by atoms with Crippen LogP contribution in [0.25, 0.3) is 0 Å². The van der Waals surface area contributed by atoms with Crippen LogP contribution < -0.4 is 10.2 Å². The summed E-state index contributed by atoms with van der Waals surface area (Å²) in [7, 11) is 0. The highest BCUT2D eigenvalue weighted by atomic mass is 16.2. The predicted molar refractivity (Wildman–Crippen MR) is 119 cm³/mol. The second kappa shape index (κ2) is 9.87. The van der Waals surface area contributed by atoms with Crippen LogP contribution in [0.3, 0.4) is 0 Å². The van der Waals surface area contributed by atoms with Gasteiger partial charge in [0.25, 0.3) is 0 Å². The Morgan fingerprint density at radius 1 is 1.00 bits per heavy atom. The van der Waals surface area contributed by atoms with Gasteiger partial charge < -0.3 is 15.1 Å². The van der Waals surface area contributed by atoms with Crippen molar-refractivity contribution in [3.05, 3.63) is 36.0 Å².